The van der Waals surface area contributed by atoms with Crippen LogP contribution in [0.15, 0.2) is 48.5 Å². The molecule has 2 aromatic carbocycles. The minimum atomic E-state index is -0.846. The van der Waals surface area contributed by atoms with Gasteiger partial charge in [0, 0.05) is 17.0 Å². The van der Waals surface area contributed by atoms with Gasteiger partial charge in [0.1, 0.15) is 17.7 Å². The Hall–Kier alpha value is -3.48. The van der Waals surface area contributed by atoms with Gasteiger partial charge in [0.25, 0.3) is 5.91 Å². The second-order valence-corrected chi connectivity index (χ2v) is 8.36. The van der Waals surface area contributed by atoms with Crippen LogP contribution in [0.25, 0.3) is 0 Å². The van der Waals surface area contributed by atoms with Gasteiger partial charge in [-0.25, -0.2) is 9.07 Å². The summed E-state index contributed by atoms with van der Waals surface area (Å²) in [6.07, 6.45) is 2.05. The van der Waals surface area contributed by atoms with Crippen molar-refractivity contribution in [1.29, 1.82) is 0 Å². The summed E-state index contributed by atoms with van der Waals surface area (Å²) >= 11 is 0. The van der Waals surface area contributed by atoms with Gasteiger partial charge in [-0.05, 0) is 56.5 Å². The number of anilines is 1. The predicted octanol–water partition coefficient (Wildman–Crippen LogP) is 3.86. The van der Waals surface area contributed by atoms with Crippen molar-refractivity contribution in [2.45, 2.75) is 44.7 Å². The standard InChI is InChI=1S/C24H23FN4O2/c1-13-4-3-5-16(12-13)23(30)26-21-20(15-6-8-17(25)9-7-15)19-14(2)28-29(18-10-11-18)22(19)27-24(21)31/h3-9,12,18,20-21H,10-11H2,1-2H3,(H,26,30)(H,27,31)/t20-,21-/m0/s1. The van der Waals surface area contributed by atoms with Crippen molar-refractivity contribution in [3.63, 3.8) is 0 Å². The number of hydrogen-bond acceptors (Lipinski definition) is 3. The third-order valence-corrected chi connectivity index (χ3v) is 5.99. The van der Waals surface area contributed by atoms with Crippen LogP contribution in [0.4, 0.5) is 10.2 Å². The number of aryl methyl sites for hydroxylation is 2. The summed E-state index contributed by atoms with van der Waals surface area (Å²) in [7, 11) is 0. The highest BCUT2D eigenvalue weighted by molar-refractivity contribution is 6.04. The van der Waals surface area contributed by atoms with Crippen molar-refractivity contribution in [2.24, 2.45) is 0 Å². The molecule has 0 bridgehead atoms. The lowest BCUT2D eigenvalue weighted by molar-refractivity contribution is -0.118. The van der Waals surface area contributed by atoms with Gasteiger partial charge < -0.3 is 10.6 Å². The third kappa shape index (κ3) is 3.50. The van der Waals surface area contributed by atoms with Crippen LogP contribution in [0, 0.1) is 19.7 Å². The predicted molar refractivity (Wildman–Crippen MR) is 115 cm³/mol. The highest BCUT2D eigenvalue weighted by atomic mass is 19.1. The molecule has 1 saturated carbocycles. The van der Waals surface area contributed by atoms with Crippen molar-refractivity contribution in [2.75, 3.05) is 5.32 Å². The second-order valence-electron chi connectivity index (χ2n) is 8.36. The molecule has 158 valence electrons. The first-order chi connectivity index (χ1) is 14.9. The van der Waals surface area contributed by atoms with E-state index in [0.717, 1.165) is 35.2 Å². The highest BCUT2D eigenvalue weighted by Crippen LogP contribution is 2.44. The number of aromatic nitrogens is 2. The summed E-state index contributed by atoms with van der Waals surface area (Å²) < 4.78 is 15.5. The first-order valence-electron chi connectivity index (χ1n) is 10.4. The summed E-state index contributed by atoms with van der Waals surface area (Å²) in [5.74, 6) is -0.766. The fourth-order valence-corrected chi connectivity index (χ4v) is 4.34. The number of benzene rings is 2. The van der Waals surface area contributed by atoms with E-state index in [0.29, 0.717) is 11.4 Å². The number of carbonyl (C=O) groups is 2. The first-order valence-corrected chi connectivity index (χ1v) is 10.4. The molecule has 7 heteroatoms. The summed E-state index contributed by atoms with van der Waals surface area (Å²) in [5, 5.41) is 10.6. The van der Waals surface area contributed by atoms with Crippen LogP contribution in [-0.4, -0.2) is 27.6 Å². The molecule has 2 N–H and O–H groups in total. The van der Waals surface area contributed by atoms with Crippen molar-refractivity contribution in [1.82, 2.24) is 15.1 Å². The number of rotatable bonds is 4. The number of halogens is 1. The average molecular weight is 418 g/mol. The zero-order valence-corrected chi connectivity index (χ0v) is 17.4. The number of nitrogens with zero attached hydrogens (tertiary/aromatic N) is 2. The maximum Gasteiger partial charge on any atom is 0.251 e. The van der Waals surface area contributed by atoms with E-state index in [-0.39, 0.29) is 23.7 Å². The van der Waals surface area contributed by atoms with Crippen molar-refractivity contribution >= 4 is 17.6 Å². The Morgan fingerprint density at radius 1 is 1.16 bits per heavy atom. The molecule has 31 heavy (non-hydrogen) atoms. The van der Waals surface area contributed by atoms with E-state index in [2.05, 4.69) is 15.7 Å². The van der Waals surface area contributed by atoms with Crippen LogP contribution in [-0.2, 0) is 4.79 Å². The fourth-order valence-electron chi connectivity index (χ4n) is 4.34. The quantitative estimate of drug-likeness (QED) is 0.676. The van der Waals surface area contributed by atoms with Gasteiger partial charge in [0.05, 0.1) is 11.7 Å². The molecule has 1 fully saturated rings. The maximum absolute atomic E-state index is 13.6. The number of amides is 2. The highest BCUT2D eigenvalue weighted by Gasteiger charge is 2.43. The molecule has 0 radical (unpaired) electrons. The Balaban J connectivity index is 1.58. The summed E-state index contributed by atoms with van der Waals surface area (Å²) in [4.78, 5) is 26.2. The number of nitrogens with one attached hydrogen (secondary N) is 2. The van der Waals surface area contributed by atoms with Gasteiger partial charge in [-0.1, -0.05) is 29.8 Å². The van der Waals surface area contributed by atoms with E-state index in [1.54, 1.807) is 24.3 Å². The molecule has 1 aromatic heterocycles. The van der Waals surface area contributed by atoms with E-state index in [1.807, 2.05) is 30.7 Å². The molecule has 2 aliphatic rings. The van der Waals surface area contributed by atoms with Gasteiger partial charge in [0.15, 0.2) is 0 Å². The summed E-state index contributed by atoms with van der Waals surface area (Å²) in [6.45, 7) is 3.82. The van der Waals surface area contributed by atoms with Gasteiger partial charge in [-0.15, -0.1) is 0 Å². The number of fused-ring (bicyclic) bond motifs is 1. The van der Waals surface area contributed by atoms with Crippen LogP contribution in [0.3, 0.4) is 0 Å². The van der Waals surface area contributed by atoms with E-state index in [1.165, 1.54) is 12.1 Å². The normalized spacial score (nSPS) is 20.2. The van der Waals surface area contributed by atoms with E-state index >= 15 is 0 Å². The lowest BCUT2D eigenvalue weighted by atomic mass is 9.82. The minimum absolute atomic E-state index is 0.287. The molecular formula is C24H23FN4O2. The Kier molecular flexibility index (Phi) is 4.61. The van der Waals surface area contributed by atoms with Gasteiger partial charge >= 0.3 is 0 Å². The van der Waals surface area contributed by atoms with Crippen LogP contribution in [0.1, 0.15) is 57.5 Å². The lowest BCUT2D eigenvalue weighted by Crippen LogP contribution is -2.50. The molecule has 5 rings (SSSR count). The fraction of sp³-hybridized carbons (Fsp3) is 0.292. The molecule has 0 unspecified atom stereocenters. The number of carbonyl (C=O) groups excluding carboxylic acids is 2. The minimum Gasteiger partial charge on any atom is -0.339 e. The molecule has 2 heterocycles. The van der Waals surface area contributed by atoms with Crippen LogP contribution < -0.4 is 10.6 Å². The van der Waals surface area contributed by atoms with Crippen LogP contribution >= 0.6 is 0 Å². The van der Waals surface area contributed by atoms with Gasteiger partial charge in [-0.2, -0.15) is 5.10 Å². The molecule has 6 nitrogen and oxygen atoms in total. The van der Waals surface area contributed by atoms with Crippen LogP contribution in [0.5, 0.6) is 0 Å². The van der Waals surface area contributed by atoms with E-state index in [4.69, 9.17) is 0 Å². The SMILES string of the molecule is Cc1cccc(C(=O)N[C@@H]2C(=O)Nc3c(c(C)nn3C3CC3)[C@@H]2c2ccc(F)cc2)c1. The Morgan fingerprint density at radius 2 is 1.90 bits per heavy atom. The molecule has 1 aliphatic heterocycles. The smallest absolute Gasteiger partial charge is 0.251 e. The van der Waals surface area contributed by atoms with E-state index in [9.17, 15) is 14.0 Å². The third-order valence-electron chi connectivity index (χ3n) is 5.99. The molecule has 3 aromatic rings. The van der Waals surface area contributed by atoms with Crippen LogP contribution in [0.2, 0.25) is 0 Å². The second kappa shape index (κ2) is 7.34. The topological polar surface area (TPSA) is 76.0 Å². The van der Waals surface area contributed by atoms with Gasteiger partial charge in [-0.3, -0.25) is 9.59 Å². The van der Waals surface area contributed by atoms with Crippen molar-refractivity contribution in [3.8, 4) is 0 Å². The zero-order valence-electron chi connectivity index (χ0n) is 17.4. The Labute approximate surface area is 179 Å². The lowest BCUT2D eigenvalue weighted by Gasteiger charge is -2.33. The largest absolute Gasteiger partial charge is 0.339 e. The van der Waals surface area contributed by atoms with Gasteiger partial charge in [0.2, 0.25) is 5.91 Å². The average Bonchev–Trinajstić information content (AvgIpc) is 3.54. The molecule has 0 spiro atoms. The zero-order chi connectivity index (χ0) is 21.7. The van der Waals surface area contributed by atoms with Crippen molar-refractivity contribution < 1.29 is 14.0 Å². The molecule has 1 aliphatic carbocycles. The van der Waals surface area contributed by atoms with Crippen molar-refractivity contribution in [3.05, 3.63) is 82.3 Å². The summed E-state index contributed by atoms with van der Waals surface area (Å²) in [5.41, 5.74) is 3.87. The van der Waals surface area contributed by atoms with E-state index < -0.39 is 12.0 Å². The first kappa shape index (κ1) is 19.5. The monoisotopic (exact) mass is 418 g/mol. The molecule has 0 saturated heterocycles. The molecule has 2 amide bonds. The maximum atomic E-state index is 13.6. The Bertz CT molecular complexity index is 1180. The summed E-state index contributed by atoms with van der Waals surface area (Å²) in [6, 6.07) is 12.8. The Morgan fingerprint density at radius 3 is 2.58 bits per heavy atom. The number of hydrogen-bond donors (Lipinski definition) is 2. The molecular weight excluding hydrogens is 395 g/mol. The molecule has 2 atom stereocenters.